The number of para-hydroxylation sites is 1. The van der Waals surface area contributed by atoms with E-state index in [1.165, 1.54) is 0 Å². The van der Waals surface area contributed by atoms with Gasteiger partial charge in [-0.1, -0.05) is 29.8 Å². The molecule has 0 fully saturated rings. The summed E-state index contributed by atoms with van der Waals surface area (Å²) in [4.78, 5) is 15.9. The lowest BCUT2D eigenvalue weighted by Gasteiger charge is -2.14. The molecule has 116 valence electrons. The predicted octanol–water partition coefficient (Wildman–Crippen LogP) is 3.77. The first-order chi connectivity index (χ1) is 10.7. The zero-order valence-electron chi connectivity index (χ0n) is 12.5. The first kappa shape index (κ1) is 16.3. The van der Waals surface area contributed by atoms with Crippen LogP contribution in [-0.4, -0.2) is 17.5 Å². The zero-order chi connectivity index (χ0) is 15.8. The highest BCUT2D eigenvalue weighted by atomic mass is 35.5. The molecule has 0 aliphatic carbocycles. The number of ether oxygens (including phenoxy) is 1. The Kier molecular flexibility index (Phi) is 6.22. The van der Waals surface area contributed by atoms with Crippen molar-refractivity contribution in [3.8, 4) is 5.75 Å². The molecular formula is C17H19ClN2O2. The second kappa shape index (κ2) is 8.39. The second-order valence-corrected chi connectivity index (χ2v) is 5.37. The number of halogens is 1. The minimum absolute atomic E-state index is 0.000823. The van der Waals surface area contributed by atoms with E-state index in [0.717, 1.165) is 5.56 Å². The maximum Gasteiger partial charge on any atom is 0.220 e. The van der Waals surface area contributed by atoms with E-state index in [1.54, 1.807) is 18.5 Å². The molecule has 0 aliphatic heterocycles. The van der Waals surface area contributed by atoms with Crippen LogP contribution < -0.4 is 10.1 Å². The van der Waals surface area contributed by atoms with Crippen molar-refractivity contribution in [2.24, 2.45) is 0 Å². The van der Waals surface area contributed by atoms with E-state index in [1.807, 2.05) is 37.3 Å². The van der Waals surface area contributed by atoms with Crippen LogP contribution in [-0.2, 0) is 4.79 Å². The average molecular weight is 319 g/mol. The summed E-state index contributed by atoms with van der Waals surface area (Å²) in [6.45, 7) is 2.40. The van der Waals surface area contributed by atoms with Crippen LogP contribution in [0, 0.1) is 0 Å². The number of benzene rings is 1. The molecule has 1 aromatic heterocycles. The van der Waals surface area contributed by atoms with Gasteiger partial charge in [0.15, 0.2) is 0 Å². The van der Waals surface area contributed by atoms with Crippen molar-refractivity contribution in [3.63, 3.8) is 0 Å². The van der Waals surface area contributed by atoms with Gasteiger partial charge in [0.25, 0.3) is 0 Å². The van der Waals surface area contributed by atoms with Gasteiger partial charge in [-0.05, 0) is 37.1 Å². The summed E-state index contributed by atoms with van der Waals surface area (Å²) in [5.74, 6) is 0.646. The molecule has 0 aliphatic rings. The van der Waals surface area contributed by atoms with E-state index >= 15 is 0 Å². The molecule has 0 radical (unpaired) electrons. The van der Waals surface area contributed by atoms with Gasteiger partial charge in [0.1, 0.15) is 5.75 Å². The van der Waals surface area contributed by atoms with Crippen molar-refractivity contribution < 1.29 is 9.53 Å². The standard InChI is InChI=1S/C17H19ClN2O2/c1-13(14-6-4-10-19-12-14)20-17(21)9-5-11-22-16-8-3-2-7-15(16)18/h2-4,6-8,10,12-13H,5,9,11H2,1H3,(H,20,21)/t13-/m0/s1. The predicted molar refractivity (Wildman–Crippen MR) is 87.0 cm³/mol. The van der Waals surface area contributed by atoms with E-state index in [2.05, 4.69) is 10.3 Å². The number of hydrogen-bond acceptors (Lipinski definition) is 3. The summed E-state index contributed by atoms with van der Waals surface area (Å²) in [5, 5.41) is 3.53. The minimum Gasteiger partial charge on any atom is -0.492 e. The number of nitrogens with one attached hydrogen (secondary N) is 1. The van der Waals surface area contributed by atoms with Gasteiger partial charge in [0, 0.05) is 18.8 Å². The lowest BCUT2D eigenvalue weighted by atomic mass is 10.1. The van der Waals surface area contributed by atoms with Crippen molar-refractivity contribution in [3.05, 3.63) is 59.4 Å². The third-order valence-corrected chi connectivity index (χ3v) is 3.52. The summed E-state index contributed by atoms with van der Waals surface area (Å²) >= 11 is 5.99. The molecule has 1 atom stereocenters. The smallest absolute Gasteiger partial charge is 0.220 e. The largest absolute Gasteiger partial charge is 0.492 e. The van der Waals surface area contributed by atoms with Crippen molar-refractivity contribution in [1.82, 2.24) is 10.3 Å². The molecule has 0 bridgehead atoms. The highest BCUT2D eigenvalue weighted by Crippen LogP contribution is 2.23. The third-order valence-electron chi connectivity index (χ3n) is 3.20. The fourth-order valence-corrected chi connectivity index (χ4v) is 2.20. The van der Waals surface area contributed by atoms with Gasteiger partial charge in [-0.3, -0.25) is 9.78 Å². The molecule has 0 spiro atoms. The van der Waals surface area contributed by atoms with Crippen molar-refractivity contribution >= 4 is 17.5 Å². The van der Waals surface area contributed by atoms with E-state index in [4.69, 9.17) is 16.3 Å². The topological polar surface area (TPSA) is 51.2 Å². The van der Waals surface area contributed by atoms with Gasteiger partial charge in [0.2, 0.25) is 5.91 Å². The van der Waals surface area contributed by atoms with Gasteiger partial charge in [-0.25, -0.2) is 0 Å². The van der Waals surface area contributed by atoms with Crippen molar-refractivity contribution in [2.75, 3.05) is 6.61 Å². The second-order valence-electron chi connectivity index (χ2n) is 4.96. The van der Waals surface area contributed by atoms with E-state index in [0.29, 0.717) is 30.2 Å². The summed E-state index contributed by atoms with van der Waals surface area (Å²) in [6, 6.07) is 11.1. The molecule has 2 aromatic rings. The van der Waals surface area contributed by atoms with Gasteiger partial charge < -0.3 is 10.1 Å². The molecule has 1 N–H and O–H groups in total. The Morgan fingerprint density at radius 1 is 1.32 bits per heavy atom. The lowest BCUT2D eigenvalue weighted by molar-refractivity contribution is -0.121. The van der Waals surface area contributed by atoms with Crippen LogP contribution in [0.2, 0.25) is 5.02 Å². The number of carbonyl (C=O) groups is 1. The third kappa shape index (κ3) is 5.04. The Labute approximate surface area is 135 Å². The van der Waals surface area contributed by atoms with Crippen LogP contribution in [0.15, 0.2) is 48.8 Å². The number of rotatable bonds is 7. The normalized spacial score (nSPS) is 11.7. The first-order valence-corrected chi connectivity index (χ1v) is 7.61. The lowest BCUT2D eigenvalue weighted by Crippen LogP contribution is -2.26. The van der Waals surface area contributed by atoms with Crippen LogP contribution in [0.5, 0.6) is 5.75 Å². The Morgan fingerprint density at radius 2 is 2.14 bits per heavy atom. The molecule has 22 heavy (non-hydrogen) atoms. The number of hydrogen-bond donors (Lipinski definition) is 1. The monoisotopic (exact) mass is 318 g/mol. The molecule has 4 nitrogen and oxygen atoms in total. The van der Waals surface area contributed by atoms with Crippen molar-refractivity contribution in [2.45, 2.75) is 25.8 Å². The molecule has 2 rings (SSSR count). The highest BCUT2D eigenvalue weighted by molar-refractivity contribution is 6.32. The minimum atomic E-state index is -0.0503. The van der Waals surface area contributed by atoms with Crippen LogP contribution in [0.25, 0.3) is 0 Å². The number of carbonyl (C=O) groups excluding carboxylic acids is 1. The molecule has 1 aromatic carbocycles. The molecular weight excluding hydrogens is 300 g/mol. The summed E-state index contributed by atoms with van der Waals surface area (Å²) in [5.41, 5.74) is 0.989. The molecule has 5 heteroatoms. The van der Waals surface area contributed by atoms with E-state index in [9.17, 15) is 4.79 Å². The summed E-state index contributed by atoms with van der Waals surface area (Å²) in [6.07, 6.45) is 4.52. The van der Waals surface area contributed by atoms with Crippen LogP contribution in [0.3, 0.4) is 0 Å². The van der Waals surface area contributed by atoms with Crippen LogP contribution in [0.4, 0.5) is 0 Å². The number of pyridine rings is 1. The van der Waals surface area contributed by atoms with Crippen LogP contribution in [0.1, 0.15) is 31.4 Å². The Balaban J connectivity index is 1.69. The number of nitrogens with zero attached hydrogens (tertiary/aromatic N) is 1. The van der Waals surface area contributed by atoms with Gasteiger partial charge >= 0.3 is 0 Å². The highest BCUT2D eigenvalue weighted by Gasteiger charge is 2.09. The maximum atomic E-state index is 11.9. The summed E-state index contributed by atoms with van der Waals surface area (Å²) < 4.78 is 5.55. The summed E-state index contributed by atoms with van der Waals surface area (Å²) in [7, 11) is 0. The van der Waals surface area contributed by atoms with Gasteiger partial charge in [-0.15, -0.1) is 0 Å². The fraction of sp³-hybridized carbons (Fsp3) is 0.294. The van der Waals surface area contributed by atoms with E-state index < -0.39 is 0 Å². The van der Waals surface area contributed by atoms with Crippen LogP contribution >= 0.6 is 11.6 Å². The Hall–Kier alpha value is -2.07. The molecule has 0 unspecified atom stereocenters. The first-order valence-electron chi connectivity index (χ1n) is 7.23. The Bertz CT molecular complexity index is 605. The molecule has 0 saturated carbocycles. The average Bonchev–Trinajstić information content (AvgIpc) is 2.54. The van der Waals surface area contributed by atoms with Crippen molar-refractivity contribution in [1.29, 1.82) is 0 Å². The fourth-order valence-electron chi connectivity index (χ4n) is 2.01. The van der Waals surface area contributed by atoms with Gasteiger partial charge in [-0.2, -0.15) is 0 Å². The Morgan fingerprint density at radius 3 is 2.86 bits per heavy atom. The van der Waals surface area contributed by atoms with E-state index in [-0.39, 0.29) is 11.9 Å². The number of amides is 1. The van der Waals surface area contributed by atoms with Gasteiger partial charge in [0.05, 0.1) is 17.7 Å². The quantitative estimate of drug-likeness (QED) is 0.791. The maximum absolute atomic E-state index is 11.9. The number of aromatic nitrogens is 1. The molecule has 1 amide bonds. The SMILES string of the molecule is C[C@H](NC(=O)CCCOc1ccccc1Cl)c1cccnc1. The molecule has 0 saturated heterocycles. The molecule has 1 heterocycles. The zero-order valence-corrected chi connectivity index (χ0v) is 13.2.